The summed E-state index contributed by atoms with van der Waals surface area (Å²) in [6.07, 6.45) is 2.83. The van der Waals surface area contributed by atoms with Crippen molar-refractivity contribution in [2.45, 2.75) is 6.54 Å². The van der Waals surface area contributed by atoms with E-state index >= 15 is 0 Å². The maximum atomic E-state index is 12.1. The number of aromatic nitrogens is 1. The Hall–Kier alpha value is -2.82. The predicted molar refractivity (Wildman–Crippen MR) is 71.8 cm³/mol. The first-order chi connectivity index (χ1) is 9.84. The Morgan fingerprint density at radius 1 is 1.10 bits per heavy atom. The van der Waals surface area contributed by atoms with Gasteiger partial charge >= 0.3 is 0 Å². The average Bonchev–Trinajstić information content (AvgIpc) is 3.17. The van der Waals surface area contributed by atoms with Crippen LogP contribution in [0, 0.1) is 0 Å². The van der Waals surface area contributed by atoms with Crippen LogP contribution in [0.15, 0.2) is 64.0 Å². The third kappa shape index (κ3) is 2.47. The molecule has 0 fully saturated rings. The molecule has 1 amide bonds. The lowest BCUT2D eigenvalue weighted by molar-refractivity contribution is 0.0921. The van der Waals surface area contributed by atoms with Gasteiger partial charge in [-0.05, 0) is 12.1 Å². The van der Waals surface area contributed by atoms with Gasteiger partial charge in [-0.1, -0.05) is 30.3 Å². The lowest BCUT2D eigenvalue weighted by Gasteiger charge is -2.02. The minimum Gasteiger partial charge on any atom is -0.467 e. The second-order valence-corrected chi connectivity index (χ2v) is 4.16. The number of amides is 1. The molecule has 0 aliphatic heterocycles. The molecule has 3 aromatic rings. The molecule has 0 aliphatic carbocycles. The van der Waals surface area contributed by atoms with Crippen LogP contribution < -0.4 is 5.32 Å². The van der Waals surface area contributed by atoms with Crippen LogP contribution in [0.1, 0.15) is 16.3 Å². The fourth-order valence-corrected chi connectivity index (χ4v) is 1.87. The van der Waals surface area contributed by atoms with E-state index in [1.54, 1.807) is 18.4 Å². The molecule has 5 heteroatoms. The monoisotopic (exact) mass is 268 g/mol. The first kappa shape index (κ1) is 12.2. The van der Waals surface area contributed by atoms with E-state index in [1.165, 1.54) is 6.39 Å². The summed E-state index contributed by atoms with van der Waals surface area (Å²) in [5.74, 6) is 0.555. The Morgan fingerprint density at radius 2 is 1.95 bits per heavy atom. The van der Waals surface area contributed by atoms with Gasteiger partial charge in [0.25, 0.3) is 5.91 Å². The summed E-state index contributed by atoms with van der Waals surface area (Å²) in [4.78, 5) is 16.2. The summed E-state index contributed by atoms with van der Waals surface area (Å²) in [5.41, 5.74) is 1.37. The molecule has 0 saturated heterocycles. The van der Waals surface area contributed by atoms with Gasteiger partial charge in [0.1, 0.15) is 11.5 Å². The number of nitrogens with one attached hydrogen (secondary N) is 1. The van der Waals surface area contributed by atoms with Gasteiger partial charge in [0, 0.05) is 5.56 Å². The number of hydrogen-bond donors (Lipinski definition) is 1. The van der Waals surface area contributed by atoms with Gasteiger partial charge in [0.2, 0.25) is 5.76 Å². The second kappa shape index (κ2) is 5.44. The van der Waals surface area contributed by atoms with Crippen molar-refractivity contribution >= 4 is 5.91 Å². The van der Waals surface area contributed by atoms with Crippen LogP contribution in [-0.2, 0) is 6.54 Å². The van der Waals surface area contributed by atoms with E-state index in [0.717, 1.165) is 5.56 Å². The van der Waals surface area contributed by atoms with E-state index in [2.05, 4.69) is 10.3 Å². The molecule has 100 valence electrons. The normalized spacial score (nSPS) is 10.4. The quantitative estimate of drug-likeness (QED) is 0.790. The Morgan fingerprint density at radius 3 is 2.70 bits per heavy atom. The molecule has 0 saturated carbocycles. The van der Waals surface area contributed by atoms with Crippen molar-refractivity contribution in [1.29, 1.82) is 0 Å². The van der Waals surface area contributed by atoms with E-state index in [9.17, 15) is 4.79 Å². The highest BCUT2D eigenvalue weighted by Crippen LogP contribution is 2.21. The van der Waals surface area contributed by atoms with Crippen molar-refractivity contribution in [3.63, 3.8) is 0 Å². The summed E-state index contributed by atoms with van der Waals surface area (Å²) in [6, 6.07) is 13.0. The zero-order valence-corrected chi connectivity index (χ0v) is 10.6. The smallest absolute Gasteiger partial charge is 0.289 e. The van der Waals surface area contributed by atoms with Crippen LogP contribution in [0.25, 0.3) is 11.3 Å². The fourth-order valence-electron chi connectivity index (χ4n) is 1.87. The van der Waals surface area contributed by atoms with Gasteiger partial charge in [-0.3, -0.25) is 4.79 Å². The number of carbonyl (C=O) groups is 1. The standard InChI is InChI=1S/C15H12N2O3/c18-15(16-9-12-7-4-8-19-12)14-13(17-10-20-14)11-5-2-1-3-6-11/h1-8,10H,9H2,(H,16,18). The van der Waals surface area contributed by atoms with Crippen LogP contribution in [-0.4, -0.2) is 10.9 Å². The molecule has 3 rings (SSSR count). The molecular formula is C15H12N2O3. The summed E-state index contributed by atoms with van der Waals surface area (Å²) in [6.45, 7) is 0.306. The Bertz CT molecular complexity index is 687. The highest BCUT2D eigenvalue weighted by molar-refractivity contribution is 5.97. The fraction of sp³-hybridized carbons (Fsp3) is 0.0667. The van der Waals surface area contributed by atoms with E-state index in [1.807, 2.05) is 30.3 Å². The van der Waals surface area contributed by atoms with Crippen LogP contribution in [0.2, 0.25) is 0 Å². The van der Waals surface area contributed by atoms with Crippen molar-refractivity contribution in [1.82, 2.24) is 10.3 Å². The van der Waals surface area contributed by atoms with Crippen molar-refractivity contribution in [2.24, 2.45) is 0 Å². The van der Waals surface area contributed by atoms with Gasteiger partial charge < -0.3 is 14.2 Å². The first-order valence-electron chi connectivity index (χ1n) is 6.14. The summed E-state index contributed by atoms with van der Waals surface area (Å²) < 4.78 is 10.4. The minimum absolute atomic E-state index is 0.197. The molecule has 0 unspecified atom stereocenters. The SMILES string of the molecule is O=C(NCc1ccco1)c1ocnc1-c1ccccc1. The average molecular weight is 268 g/mol. The molecule has 20 heavy (non-hydrogen) atoms. The van der Waals surface area contributed by atoms with Crippen LogP contribution in [0.3, 0.4) is 0 Å². The van der Waals surface area contributed by atoms with E-state index in [0.29, 0.717) is 18.0 Å². The van der Waals surface area contributed by atoms with E-state index < -0.39 is 0 Å². The van der Waals surface area contributed by atoms with Crippen LogP contribution >= 0.6 is 0 Å². The summed E-state index contributed by atoms with van der Waals surface area (Å²) in [7, 11) is 0. The third-order valence-electron chi connectivity index (χ3n) is 2.82. The van der Waals surface area contributed by atoms with Gasteiger partial charge in [-0.2, -0.15) is 0 Å². The van der Waals surface area contributed by atoms with Gasteiger partial charge in [0.05, 0.1) is 12.8 Å². The molecule has 0 bridgehead atoms. The molecule has 1 aromatic carbocycles. The van der Waals surface area contributed by atoms with Gasteiger partial charge in [0.15, 0.2) is 6.39 Å². The van der Waals surface area contributed by atoms with Crippen LogP contribution in [0.4, 0.5) is 0 Å². The van der Waals surface area contributed by atoms with Gasteiger partial charge in [-0.25, -0.2) is 4.98 Å². The highest BCUT2D eigenvalue weighted by atomic mass is 16.4. The number of carbonyl (C=O) groups excluding carboxylic acids is 1. The molecule has 1 N–H and O–H groups in total. The summed E-state index contributed by atoms with van der Waals surface area (Å²) >= 11 is 0. The Balaban J connectivity index is 1.77. The molecular weight excluding hydrogens is 256 g/mol. The second-order valence-electron chi connectivity index (χ2n) is 4.16. The molecule has 0 spiro atoms. The predicted octanol–water partition coefficient (Wildman–Crippen LogP) is 2.86. The zero-order chi connectivity index (χ0) is 13.8. The molecule has 2 heterocycles. The van der Waals surface area contributed by atoms with E-state index in [4.69, 9.17) is 8.83 Å². The Labute approximate surface area is 115 Å². The van der Waals surface area contributed by atoms with Crippen LogP contribution in [0.5, 0.6) is 0 Å². The first-order valence-corrected chi connectivity index (χ1v) is 6.14. The third-order valence-corrected chi connectivity index (χ3v) is 2.82. The van der Waals surface area contributed by atoms with Crippen molar-refractivity contribution in [2.75, 3.05) is 0 Å². The summed E-state index contributed by atoms with van der Waals surface area (Å²) in [5, 5.41) is 2.73. The molecule has 0 atom stereocenters. The number of benzene rings is 1. The molecule has 0 aliphatic rings. The lowest BCUT2D eigenvalue weighted by atomic mass is 10.1. The maximum absolute atomic E-state index is 12.1. The number of hydrogen-bond acceptors (Lipinski definition) is 4. The Kier molecular flexibility index (Phi) is 3.33. The number of furan rings is 1. The molecule has 5 nitrogen and oxygen atoms in total. The number of oxazole rings is 1. The van der Waals surface area contributed by atoms with Crippen molar-refractivity contribution in [3.05, 3.63) is 66.6 Å². The maximum Gasteiger partial charge on any atom is 0.289 e. The highest BCUT2D eigenvalue weighted by Gasteiger charge is 2.18. The topological polar surface area (TPSA) is 68.3 Å². The number of nitrogens with zero attached hydrogens (tertiary/aromatic N) is 1. The van der Waals surface area contributed by atoms with Crippen molar-refractivity contribution in [3.8, 4) is 11.3 Å². The van der Waals surface area contributed by atoms with Crippen molar-refractivity contribution < 1.29 is 13.6 Å². The molecule has 0 radical (unpaired) electrons. The van der Waals surface area contributed by atoms with E-state index in [-0.39, 0.29) is 11.7 Å². The van der Waals surface area contributed by atoms with Gasteiger partial charge in [-0.15, -0.1) is 0 Å². The lowest BCUT2D eigenvalue weighted by Crippen LogP contribution is -2.22. The minimum atomic E-state index is -0.322. The molecule has 2 aromatic heterocycles. The number of rotatable bonds is 4. The zero-order valence-electron chi connectivity index (χ0n) is 10.6. The largest absolute Gasteiger partial charge is 0.467 e.